The Morgan fingerprint density at radius 2 is 0.970 bits per heavy atom. The van der Waals surface area contributed by atoms with E-state index in [0.29, 0.717) is 17.5 Å². The van der Waals surface area contributed by atoms with Crippen molar-refractivity contribution in [3.8, 4) is 0 Å². The fourth-order valence-electron chi connectivity index (χ4n) is 10.9. The molecule has 0 unspecified atom stereocenters. The molecule has 3 aromatic rings. The number of aliphatic carboxylic acids is 2. The number of benzene rings is 2. The fraction of sp³-hybridized carbons (Fsp3) is 0.567. The Labute approximate surface area is 579 Å². The lowest BCUT2D eigenvalue weighted by molar-refractivity contribution is -0.145. The molecule has 1 aromatic heterocycles. The first-order chi connectivity index (χ1) is 47.1. The van der Waals surface area contributed by atoms with E-state index >= 15 is 0 Å². The summed E-state index contributed by atoms with van der Waals surface area (Å²) >= 11 is 0. The number of likely N-dealkylation sites (tertiary alicyclic amines) is 1. The molecule has 33 nitrogen and oxygen atoms in total. The Bertz CT molecular complexity index is 3280. The van der Waals surface area contributed by atoms with Crippen molar-refractivity contribution in [3.63, 3.8) is 0 Å². The van der Waals surface area contributed by atoms with Crippen LogP contribution in [0.1, 0.15) is 131 Å². The van der Waals surface area contributed by atoms with E-state index < -0.39 is 193 Å². The van der Waals surface area contributed by atoms with Crippen molar-refractivity contribution in [2.24, 2.45) is 29.2 Å². The van der Waals surface area contributed by atoms with Gasteiger partial charge in [-0.1, -0.05) is 102 Å². The van der Waals surface area contributed by atoms with Gasteiger partial charge < -0.3 is 94.9 Å². The Kier molecular flexibility index (Phi) is 33.2. The van der Waals surface area contributed by atoms with Crippen LogP contribution in [0.2, 0.25) is 0 Å². The van der Waals surface area contributed by atoms with Crippen LogP contribution in [0.5, 0.6) is 0 Å². The first kappa shape index (κ1) is 82.5. The average molecular weight is 1400 g/mol. The third-order valence-corrected chi connectivity index (χ3v) is 16.4. The predicted octanol–water partition coefficient (Wildman–Crippen LogP) is -2.65. The highest BCUT2D eigenvalue weighted by molar-refractivity contribution is 6.00. The third-order valence-electron chi connectivity index (χ3n) is 16.4. The number of nitrogens with two attached hydrogens (primary N) is 2. The van der Waals surface area contributed by atoms with Crippen molar-refractivity contribution in [1.82, 2.24) is 68.0 Å². The van der Waals surface area contributed by atoms with Crippen LogP contribution in [-0.4, -0.2) is 209 Å². The maximum atomic E-state index is 14.8. The van der Waals surface area contributed by atoms with Crippen LogP contribution >= 0.6 is 0 Å². The quantitative estimate of drug-likeness (QED) is 0.0276. The summed E-state index contributed by atoms with van der Waals surface area (Å²) in [6.45, 7) is 13.9. The maximum Gasteiger partial charge on any atom is 0.326 e. The normalized spacial score (nSPS) is 16.8. The summed E-state index contributed by atoms with van der Waals surface area (Å²) in [6.07, 6.45) is -2.48. The van der Waals surface area contributed by atoms with Gasteiger partial charge in [0.05, 0.1) is 18.5 Å². The molecule has 0 spiro atoms. The molecule has 2 heterocycles. The van der Waals surface area contributed by atoms with Gasteiger partial charge in [-0.05, 0) is 88.2 Å². The van der Waals surface area contributed by atoms with E-state index in [2.05, 4.69) is 63.1 Å². The van der Waals surface area contributed by atoms with Gasteiger partial charge in [-0.3, -0.25) is 62.3 Å². The molecule has 0 aliphatic carbocycles. The number of H-pyrrole nitrogens is 1. The number of imidazole rings is 1. The van der Waals surface area contributed by atoms with E-state index in [1.807, 2.05) is 0 Å². The van der Waals surface area contributed by atoms with Crippen molar-refractivity contribution in [3.05, 3.63) is 90.0 Å². The van der Waals surface area contributed by atoms with E-state index in [-0.39, 0.29) is 69.0 Å². The van der Waals surface area contributed by atoms with Crippen LogP contribution in [0.4, 0.5) is 0 Å². The minimum absolute atomic E-state index is 0.0366. The summed E-state index contributed by atoms with van der Waals surface area (Å²) in [7, 11) is 0. The molecule has 2 aromatic carbocycles. The number of aromatic amines is 1. The number of amides is 12. The monoisotopic (exact) mass is 1400 g/mol. The van der Waals surface area contributed by atoms with Crippen LogP contribution in [0.3, 0.4) is 0 Å². The molecule has 1 aliphatic rings. The fourth-order valence-corrected chi connectivity index (χ4v) is 10.9. The summed E-state index contributed by atoms with van der Waals surface area (Å²) in [6, 6.07) is -0.834. The number of aliphatic hydroxyl groups excluding tert-OH is 2. The Morgan fingerprint density at radius 1 is 0.520 bits per heavy atom. The lowest BCUT2D eigenvalue weighted by Crippen LogP contribution is -2.63. The maximum absolute atomic E-state index is 14.8. The van der Waals surface area contributed by atoms with Crippen molar-refractivity contribution < 1.29 is 87.5 Å². The summed E-state index contributed by atoms with van der Waals surface area (Å²) in [4.78, 5) is 199. The van der Waals surface area contributed by atoms with Crippen LogP contribution in [0, 0.1) is 17.8 Å². The molecule has 33 heteroatoms. The molecule has 1 fully saturated rings. The SMILES string of the molecule is CC(C)C[C@H](NC(=O)[C@H](C)NC(=O)[C@H](CCC(N)=O)NC(=O)[C@H](CC(C)C)NC(=O)[C@@H](N)[C@@H](C)O)C(=O)N[C@@H](CCC(=O)O)C(=O)N[C@@H](Cc1ccccc1)C(=O)N[C@@H](Cc1cnc[nH]1)C(=O)N[C@H](C(=O)N[C@H](C(=O)N1CCC[C@H]1C(=O)N[C@@H](Cc1ccccc1)C(=O)O)C(C)C)[C@@H](C)O. The molecule has 1 aliphatic heterocycles. The second-order valence-corrected chi connectivity index (χ2v) is 26.3. The predicted molar refractivity (Wildman–Crippen MR) is 360 cm³/mol. The van der Waals surface area contributed by atoms with Crippen LogP contribution in [0.15, 0.2) is 73.2 Å². The average Bonchev–Trinajstić information content (AvgIpc) is 1.58. The molecule has 0 saturated carbocycles. The number of aliphatic hydroxyl groups is 2. The first-order valence-electron chi connectivity index (χ1n) is 33.3. The van der Waals surface area contributed by atoms with E-state index in [1.54, 1.807) is 102 Å². The number of carbonyl (C=O) groups is 14. The molecule has 1 saturated heterocycles. The number of hydrogen-bond acceptors (Lipinski definition) is 18. The number of nitrogens with zero attached hydrogens (tertiary/aromatic N) is 2. The number of aromatic nitrogens is 2. The summed E-state index contributed by atoms with van der Waals surface area (Å²) < 4.78 is 0. The smallest absolute Gasteiger partial charge is 0.326 e. The number of carbonyl (C=O) groups excluding carboxylic acids is 12. The summed E-state index contributed by atoms with van der Waals surface area (Å²) in [5.74, 6) is -15.0. The third kappa shape index (κ3) is 27.1. The van der Waals surface area contributed by atoms with Gasteiger partial charge >= 0.3 is 11.9 Å². The lowest BCUT2D eigenvalue weighted by atomic mass is 10.00. The van der Waals surface area contributed by atoms with Gasteiger partial charge in [-0.15, -0.1) is 0 Å². The van der Waals surface area contributed by atoms with Crippen molar-refractivity contribution in [1.29, 1.82) is 0 Å². The van der Waals surface area contributed by atoms with E-state index in [0.717, 1.165) is 0 Å². The zero-order valence-corrected chi connectivity index (χ0v) is 57.8. The van der Waals surface area contributed by atoms with Crippen molar-refractivity contribution in [2.75, 3.05) is 6.54 Å². The minimum Gasteiger partial charge on any atom is -0.481 e. The van der Waals surface area contributed by atoms with Gasteiger partial charge in [-0.25, -0.2) is 9.78 Å². The number of rotatable bonds is 41. The van der Waals surface area contributed by atoms with Gasteiger partial charge in [0, 0.05) is 50.5 Å². The highest BCUT2D eigenvalue weighted by Crippen LogP contribution is 2.22. The Balaban J connectivity index is 1.57. The van der Waals surface area contributed by atoms with E-state index in [1.165, 1.54) is 38.2 Å². The first-order valence-corrected chi connectivity index (χ1v) is 33.3. The van der Waals surface area contributed by atoms with Crippen LogP contribution in [0.25, 0.3) is 0 Å². The standard InChI is InChI=1S/C67H99N15O18/c1-34(2)27-45(75-56(88)37(7)72-57(89)43(22-24-51(68)85)73-60(92)46(28-35(3)4)78-64(96)53(69)38(8)83)59(91)74-44(23-25-52(86)87)58(90)76-47(29-40-17-12-10-13-18-40)61(93)77-48(31-42-32-70-33-71-42)62(94)81-55(39(9)84)65(97)80-54(36(5)6)66(98)82-26-16-21-50(82)63(95)79-49(67(99)100)30-41-19-14-11-15-20-41/h10-15,17-20,32-39,43-50,53-55,83-84H,16,21-31,69H2,1-9H3,(H2,68,85)(H,70,71)(H,72,89)(H,73,92)(H,74,91)(H,75,88)(H,76,90)(H,77,93)(H,78,96)(H,79,95)(H,80,97)(H,81,94)(H,86,87)(H,99,100)/t37-,38+,39+,43-,44-,45-,46-,47-,48-,49-,50-,53-,54-,55-/m0/s1. The number of carboxylic acids is 2. The molecule has 14 atom stereocenters. The summed E-state index contributed by atoms with van der Waals surface area (Å²) in [5.41, 5.74) is 12.6. The zero-order chi connectivity index (χ0) is 74.7. The Hall–Kier alpha value is -9.89. The minimum atomic E-state index is -1.80. The number of primary amides is 1. The van der Waals surface area contributed by atoms with Crippen molar-refractivity contribution in [2.45, 2.75) is 218 Å². The summed E-state index contributed by atoms with van der Waals surface area (Å²) in [5, 5.41) is 66.0. The second-order valence-electron chi connectivity index (χ2n) is 26.3. The number of carboxylic acid groups (broad SMARTS) is 2. The number of hydrogen-bond donors (Lipinski definition) is 17. The Morgan fingerprint density at radius 3 is 1.44 bits per heavy atom. The van der Waals surface area contributed by atoms with Crippen LogP contribution < -0.4 is 64.6 Å². The molecule has 4 rings (SSSR count). The van der Waals surface area contributed by atoms with Gasteiger partial charge in [0.25, 0.3) is 0 Å². The highest BCUT2D eigenvalue weighted by atomic mass is 16.4. The molecule has 12 amide bonds. The van der Waals surface area contributed by atoms with Crippen molar-refractivity contribution >= 4 is 82.8 Å². The molecule has 0 radical (unpaired) electrons. The largest absolute Gasteiger partial charge is 0.481 e. The molecule has 19 N–H and O–H groups in total. The molecule has 550 valence electrons. The molecule has 0 bridgehead atoms. The topological polar surface area (TPSA) is 524 Å². The van der Waals surface area contributed by atoms with Crippen LogP contribution in [-0.2, 0) is 86.4 Å². The van der Waals surface area contributed by atoms with Gasteiger partial charge in [-0.2, -0.15) is 0 Å². The molecule has 100 heavy (non-hydrogen) atoms. The zero-order valence-electron chi connectivity index (χ0n) is 57.8. The van der Waals surface area contributed by atoms with E-state index in [4.69, 9.17) is 11.5 Å². The van der Waals surface area contributed by atoms with Gasteiger partial charge in [0.1, 0.15) is 72.5 Å². The second kappa shape index (κ2) is 40.2. The molecular weight excluding hydrogens is 1300 g/mol. The van der Waals surface area contributed by atoms with E-state index in [9.17, 15) is 87.5 Å². The van der Waals surface area contributed by atoms with Gasteiger partial charge in [0.15, 0.2) is 0 Å². The number of nitrogens with one attached hydrogen (secondary N) is 11. The lowest BCUT2D eigenvalue weighted by Gasteiger charge is -2.32. The highest BCUT2D eigenvalue weighted by Gasteiger charge is 2.42. The molecular formula is C67H99N15O18. The van der Waals surface area contributed by atoms with Gasteiger partial charge in [0.2, 0.25) is 70.9 Å².